The van der Waals surface area contributed by atoms with Crippen LogP contribution in [0.4, 0.5) is 0 Å². The Morgan fingerprint density at radius 3 is 2.95 bits per heavy atom. The summed E-state index contributed by atoms with van der Waals surface area (Å²) in [7, 11) is 1.87. The van der Waals surface area contributed by atoms with E-state index in [4.69, 9.17) is 4.42 Å². The van der Waals surface area contributed by atoms with Crippen molar-refractivity contribution in [3.63, 3.8) is 0 Å². The average molecular weight is 290 g/mol. The lowest BCUT2D eigenvalue weighted by atomic mass is 9.78. The molecule has 1 amide bonds. The number of rotatable bonds is 4. The number of nitrogens with zero attached hydrogens (tertiary/aromatic N) is 2. The molecule has 0 aromatic carbocycles. The fraction of sp³-hybridized carbons (Fsp3) is 0.706. The number of carbonyl (C=O) groups excluding carboxylic acids is 1. The number of piperidine rings is 1. The van der Waals surface area contributed by atoms with Crippen LogP contribution >= 0.6 is 0 Å². The number of furan rings is 1. The molecule has 2 heterocycles. The third-order valence-electron chi connectivity index (χ3n) is 5.10. The monoisotopic (exact) mass is 290 g/mol. The van der Waals surface area contributed by atoms with Gasteiger partial charge >= 0.3 is 0 Å². The highest BCUT2D eigenvalue weighted by Crippen LogP contribution is 2.35. The molecule has 0 bridgehead atoms. The molecule has 3 rings (SSSR count). The molecule has 0 N–H and O–H groups in total. The molecule has 2 fully saturated rings. The summed E-state index contributed by atoms with van der Waals surface area (Å²) in [5.41, 5.74) is 0. The Labute approximate surface area is 127 Å². The van der Waals surface area contributed by atoms with Crippen LogP contribution in [0.2, 0.25) is 0 Å². The molecule has 2 aliphatic rings. The Balaban J connectivity index is 1.55. The lowest BCUT2D eigenvalue weighted by molar-refractivity contribution is -0.133. The van der Waals surface area contributed by atoms with Crippen molar-refractivity contribution in [1.29, 1.82) is 0 Å². The smallest absolute Gasteiger partial charge is 0.236 e. The third-order valence-corrected chi connectivity index (χ3v) is 5.10. The van der Waals surface area contributed by atoms with Gasteiger partial charge in [0.1, 0.15) is 5.76 Å². The highest BCUT2D eigenvalue weighted by Gasteiger charge is 2.34. The first-order valence-corrected chi connectivity index (χ1v) is 8.24. The zero-order chi connectivity index (χ0) is 14.7. The summed E-state index contributed by atoms with van der Waals surface area (Å²) < 4.78 is 5.32. The molecule has 1 saturated carbocycles. The zero-order valence-electron chi connectivity index (χ0n) is 13.0. The molecule has 0 radical (unpaired) electrons. The molecule has 2 atom stereocenters. The van der Waals surface area contributed by atoms with Crippen LogP contribution in [0.3, 0.4) is 0 Å². The van der Waals surface area contributed by atoms with E-state index in [2.05, 4.69) is 4.90 Å². The van der Waals surface area contributed by atoms with Gasteiger partial charge in [-0.3, -0.25) is 9.69 Å². The van der Waals surface area contributed by atoms with Gasteiger partial charge in [0.05, 0.1) is 19.4 Å². The van der Waals surface area contributed by atoms with Gasteiger partial charge < -0.3 is 9.32 Å². The van der Waals surface area contributed by atoms with E-state index in [1.165, 1.54) is 38.5 Å². The summed E-state index contributed by atoms with van der Waals surface area (Å²) in [6.07, 6.45) is 9.60. The summed E-state index contributed by atoms with van der Waals surface area (Å²) in [5.74, 6) is 1.88. The highest BCUT2D eigenvalue weighted by molar-refractivity contribution is 5.78. The minimum atomic E-state index is 0.206. The first-order chi connectivity index (χ1) is 10.2. The van der Waals surface area contributed by atoms with Crippen LogP contribution < -0.4 is 0 Å². The maximum absolute atomic E-state index is 12.5. The van der Waals surface area contributed by atoms with Crippen molar-refractivity contribution < 1.29 is 9.21 Å². The van der Waals surface area contributed by atoms with Gasteiger partial charge in [0.15, 0.2) is 0 Å². The molecular weight excluding hydrogens is 264 g/mol. The minimum absolute atomic E-state index is 0.206. The fourth-order valence-electron chi connectivity index (χ4n) is 3.94. The van der Waals surface area contributed by atoms with Crippen LogP contribution in [-0.2, 0) is 11.3 Å². The lowest BCUT2D eigenvalue weighted by Gasteiger charge is -2.44. The molecule has 1 aliphatic carbocycles. The van der Waals surface area contributed by atoms with Crippen molar-refractivity contribution in [3.8, 4) is 0 Å². The predicted octanol–water partition coefficient (Wildman–Crippen LogP) is 2.89. The molecular formula is C17H26N2O2. The Bertz CT molecular complexity index is 455. The van der Waals surface area contributed by atoms with E-state index in [-0.39, 0.29) is 5.91 Å². The first kappa shape index (κ1) is 14.6. The van der Waals surface area contributed by atoms with E-state index >= 15 is 0 Å². The molecule has 4 nitrogen and oxygen atoms in total. The van der Waals surface area contributed by atoms with Gasteiger partial charge in [-0.1, -0.05) is 12.8 Å². The van der Waals surface area contributed by atoms with Crippen molar-refractivity contribution in [2.24, 2.45) is 5.92 Å². The lowest BCUT2D eigenvalue weighted by Crippen LogP contribution is -2.50. The van der Waals surface area contributed by atoms with Gasteiger partial charge in [-0.2, -0.15) is 0 Å². The number of fused-ring (bicyclic) bond motifs is 1. The number of carbonyl (C=O) groups is 1. The molecule has 4 heteroatoms. The third kappa shape index (κ3) is 3.49. The first-order valence-electron chi connectivity index (χ1n) is 8.24. The van der Waals surface area contributed by atoms with Gasteiger partial charge in [-0.25, -0.2) is 0 Å². The van der Waals surface area contributed by atoms with Crippen LogP contribution in [-0.4, -0.2) is 41.9 Å². The van der Waals surface area contributed by atoms with E-state index in [1.807, 2.05) is 19.2 Å². The predicted molar refractivity (Wildman–Crippen MR) is 81.7 cm³/mol. The molecule has 1 aromatic heterocycles. The van der Waals surface area contributed by atoms with E-state index < -0.39 is 0 Å². The summed E-state index contributed by atoms with van der Waals surface area (Å²) in [6.45, 7) is 2.22. The SMILES string of the molecule is CN(Cc1ccco1)C(=O)CN1CCCC2CCCCC21. The van der Waals surface area contributed by atoms with Gasteiger partial charge in [0.25, 0.3) is 0 Å². The van der Waals surface area contributed by atoms with Gasteiger partial charge in [0, 0.05) is 13.1 Å². The zero-order valence-corrected chi connectivity index (χ0v) is 13.0. The second kappa shape index (κ2) is 6.65. The molecule has 1 aromatic rings. The maximum atomic E-state index is 12.5. The Morgan fingerprint density at radius 1 is 1.33 bits per heavy atom. The molecule has 1 saturated heterocycles. The molecule has 0 spiro atoms. The Morgan fingerprint density at radius 2 is 2.14 bits per heavy atom. The van der Waals surface area contributed by atoms with Crippen molar-refractivity contribution in [3.05, 3.63) is 24.2 Å². The van der Waals surface area contributed by atoms with Crippen LogP contribution in [0.15, 0.2) is 22.8 Å². The van der Waals surface area contributed by atoms with Crippen molar-refractivity contribution in [1.82, 2.24) is 9.80 Å². The van der Waals surface area contributed by atoms with E-state index in [0.717, 1.165) is 18.2 Å². The normalized spacial score (nSPS) is 26.3. The molecule has 116 valence electrons. The van der Waals surface area contributed by atoms with Crippen LogP contribution in [0, 0.1) is 5.92 Å². The average Bonchev–Trinajstić information content (AvgIpc) is 3.00. The topological polar surface area (TPSA) is 36.7 Å². The van der Waals surface area contributed by atoms with Gasteiger partial charge in [-0.05, 0) is 50.3 Å². The number of hydrogen-bond donors (Lipinski definition) is 0. The van der Waals surface area contributed by atoms with Crippen LogP contribution in [0.5, 0.6) is 0 Å². The van der Waals surface area contributed by atoms with E-state index in [9.17, 15) is 4.79 Å². The standard InChI is InChI=1S/C17H26N2O2/c1-18(12-15-8-5-11-21-15)17(20)13-19-10-4-7-14-6-2-3-9-16(14)19/h5,8,11,14,16H,2-4,6-7,9-10,12-13H2,1H3. The van der Waals surface area contributed by atoms with Crippen LogP contribution in [0.25, 0.3) is 0 Å². The number of hydrogen-bond acceptors (Lipinski definition) is 3. The van der Waals surface area contributed by atoms with Gasteiger partial charge in [0.2, 0.25) is 5.91 Å². The number of amides is 1. The number of likely N-dealkylation sites (N-methyl/N-ethyl adjacent to an activating group) is 1. The Kier molecular flexibility index (Phi) is 4.63. The maximum Gasteiger partial charge on any atom is 0.236 e. The molecule has 2 unspecified atom stereocenters. The molecule has 1 aliphatic heterocycles. The second-order valence-corrected chi connectivity index (χ2v) is 6.55. The Hall–Kier alpha value is -1.29. The van der Waals surface area contributed by atoms with Gasteiger partial charge in [-0.15, -0.1) is 0 Å². The second-order valence-electron chi connectivity index (χ2n) is 6.55. The van der Waals surface area contributed by atoms with E-state index in [1.54, 1.807) is 11.2 Å². The summed E-state index contributed by atoms with van der Waals surface area (Å²) in [5, 5.41) is 0. The summed E-state index contributed by atoms with van der Waals surface area (Å²) in [6, 6.07) is 4.43. The van der Waals surface area contributed by atoms with E-state index in [0.29, 0.717) is 19.1 Å². The summed E-state index contributed by atoms with van der Waals surface area (Å²) in [4.78, 5) is 16.7. The minimum Gasteiger partial charge on any atom is -0.467 e. The van der Waals surface area contributed by atoms with Crippen molar-refractivity contribution >= 4 is 5.91 Å². The van der Waals surface area contributed by atoms with Crippen molar-refractivity contribution in [2.45, 2.75) is 51.1 Å². The number of likely N-dealkylation sites (tertiary alicyclic amines) is 1. The summed E-state index contributed by atoms with van der Waals surface area (Å²) >= 11 is 0. The largest absolute Gasteiger partial charge is 0.467 e. The quantitative estimate of drug-likeness (QED) is 0.855. The fourth-order valence-corrected chi connectivity index (χ4v) is 3.94. The molecule has 21 heavy (non-hydrogen) atoms. The van der Waals surface area contributed by atoms with Crippen LogP contribution in [0.1, 0.15) is 44.3 Å². The highest BCUT2D eigenvalue weighted by atomic mass is 16.3. The van der Waals surface area contributed by atoms with Crippen molar-refractivity contribution in [2.75, 3.05) is 20.1 Å².